The number of alkyl halides is 3. The van der Waals surface area contributed by atoms with Crippen LogP contribution in [-0.4, -0.2) is 36.1 Å². The highest BCUT2D eigenvalue weighted by Gasteiger charge is 2.33. The lowest BCUT2D eigenvalue weighted by atomic mass is 10.1. The topological polar surface area (TPSA) is 41.0 Å². The van der Waals surface area contributed by atoms with Crippen LogP contribution in [0.5, 0.6) is 0 Å². The molecule has 0 bridgehead atoms. The highest BCUT2D eigenvalue weighted by molar-refractivity contribution is 5.36. The van der Waals surface area contributed by atoms with Crippen molar-refractivity contribution in [2.45, 2.75) is 25.1 Å². The highest BCUT2D eigenvalue weighted by Crippen LogP contribution is 2.27. The molecular weight excluding hydrogens is 245 g/mol. The predicted octanol–water partition coefficient (Wildman–Crippen LogP) is 1.68. The Balaban J connectivity index is 2.02. The van der Waals surface area contributed by atoms with Crippen molar-refractivity contribution in [1.82, 2.24) is 15.3 Å². The van der Waals surface area contributed by atoms with Gasteiger partial charge in [-0.3, -0.25) is 0 Å². The Hall–Kier alpha value is -1.37. The molecule has 100 valence electrons. The van der Waals surface area contributed by atoms with E-state index in [0.29, 0.717) is 11.9 Å². The van der Waals surface area contributed by atoms with Crippen molar-refractivity contribution in [2.75, 3.05) is 25.0 Å². The minimum absolute atomic E-state index is 0.476. The van der Waals surface area contributed by atoms with Crippen LogP contribution in [-0.2, 0) is 6.18 Å². The first-order valence-electron chi connectivity index (χ1n) is 5.82. The minimum atomic E-state index is -4.43. The van der Waals surface area contributed by atoms with Crippen molar-refractivity contribution in [1.29, 1.82) is 0 Å². The fraction of sp³-hybridized carbons (Fsp3) is 0.636. The predicted molar refractivity (Wildman–Crippen MR) is 61.3 cm³/mol. The summed E-state index contributed by atoms with van der Waals surface area (Å²) in [6.45, 7) is 1.57. The molecule has 0 radical (unpaired) electrons. The van der Waals surface area contributed by atoms with Crippen molar-refractivity contribution in [3.63, 3.8) is 0 Å². The summed E-state index contributed by atoms with van der Waals surface area (Å²) in [7, 11) is 1.91. The molecule has 0 amide bonds. The van der Waals surface area contributed by atoms with Gasteiger partial charge in [0, 0.05) is 19.1 Å². The Morgan fingerprint density at radius 1 is 1.22 bits per heavy atom. The van der Waals surface area contributed by atoms with Crippen molar-refractivity contribution >= 4 is 5.82 Å². The third-order valence-corrected chi connectivity index (χ3v) is 3.16. The van der Waals surface area contributed by atoms with Gasteiger partial charge in [-0.25, -0.2) is 9.97 Å². The Bertz CT molecular complexity index is 382. The molecule has 0 aliphatic carbocycles. The van der Waals surface area contributed by atoms with E-state index in [-0.39, 0.29) is 0 Å². The lowest BCUT2D eigenvalue weighted by molar-refractivity contribution is -0.141. The molecule has 0 unspecified atom stereocenters. The largest absolute Gasteiger partial charge is 0.434 e. The number of piperidine rings is 1. The molecule has 0 spiro atoms. The summed E-state index contributed by atoms with van der Waals surface area (Å²) in [5.74, 6) is 0.512. The van der Waals surface area contributed by atoms with E-state index in [1.54, 1.807) is 0 Å². The average molecular weight is 260 g/mol. The van der Waals surface area contributed by atoms with Gasteiger partial charge < -0.3 is 10.2 Å². The lowest BCUT2D eigenvalue weighted by Gasteiger charge is -2.32. The van der Waals surface area contributed by atoms with Crippen molar-refractivity contribution in [3.8, 4) is 0 Å². The third-order valence-electron chi connectivity index (χ3n) is 3.16. The number of halogens is 3. The minimum Gasteiger partial charge on any atom is -0.355 e. The van der Waals surface area contributed by atoms with Gasteiger partial charge in [-0.1, -0.05) is 0 Å². The van der Waals surface area contributed by atoms with Crippen LogP contribution in [0.15, 0.2) is 12.4 Å². The van der Waals surface area contributed by atoms with E-state index in [4.69, 9.17) is 0 Å². The third kappa shape index (κ3) is 2.90. The van der Waals surface area contributed by atoms with Gasteiger partial charge in [0.1, 0.15) is 5.82 Å². The second-order valence-corrected chi connectivity index (χ2v) is 4.31. The quantitative estimate of drug-likeness (QED) is 0.878. The van der Waals surface area contributed by atoms with Crippen molar-refractivity contribution in [2.24, 2.45) is 0 Å². The molecule has 1 aromatic heterocycles. The molecular formula is C11H15F3N4. The smallest absolute Gasteiger partial charge is 0.355 e. The maximum absolute atomic E-state index is 12.3. The van der Waals surface area contributed by atoms with E-state index >= 15 is 0 Å². The van der Waals surface area contributed by atoms with Gasteiger partial charge in [-0.15, -0.1) is 0 Å². The van der Waals surface area contributed by atoms with Crippen LogP contribution in [0.3, 0.4) is 0 Å². The summed E-state index contributed by atoms with van der Waals surface area (Å²) in [6.07, 6.45) is -0.523. The number of nitrogens with zero attached hydrogens (tertiary/aromatic N) is 3. The zero-order valence-corrected chi connectivity index (χ0v) is 10.0. The van der Waals surface area contributed by atoms with E-state index < -0.39 is 11.9 Å². The normalized spacial score (nSPS) is 18.1. The lowest BCUT2D eigenvalue weighted by Crippen LogP contribution is -2.41. The van der Waals surface area contributed by atoms with E-state index in [1.165, 1.54) is 6.20 Å². The number of anilines is 1. The molecule has 1 aliphatic heterocycles. The maximum atomic E-state index is 12.3. The summed E-state index contributed by atoms with van der Waals surface area (Å²) in [5, 5.41) is 3.19. The summed E-state index contributed by atoms with van der Waals surface area (Å²) >= 11 is 0. The summed E-state index contributed by atoms with van der Waals surface area (Å²) in [6, 6.07) is 0.476. The van der Waals surface area contributed by atoms with Gasteiger partial charge in [0.2, 0.25) is 0 Å². The standard InChI is InChI=1S/C11H15F3N4/c1-15-8-2-4-18(5-3-8)10-7-16-9(6-17-10)11(12,13)14/h6-8,15H,2-5H2,1H3. The molecule has 18 heavy (non-hydrogen) atoms. The number of rotatable bonds is 2. The van der Waals surface area contributed by atoms with Gasteiger partial charge in [0.25, 0.3) is 0 Å². The number of hydrogen-bond acceptors (Lipinski definition) is 4. The molecule has 4 nitrogen and oxygen atoms in total. The second-order valence-electron chi connectivity index (χ2n) is 4.31. The molecule has 7 heteroatoms. The SMILES string of the molecule is CNC1CCN(c2cnc(C(F)(F)F)cn2)CC1. The number of nitrogens with one attached hydrogen (secondary N) is 1. The molecule has 1 fully saturated rings. The molecule has 1 aliphatic rings. The zero-order valence-electron chi connectivity index (χ0n) is 10.0. The van der Waals surface area contributed by atoms with Gasteiger partial charge in [-0.05, 0) is 19.9 Å². The summed E-state index contributed by atoms with van der Waals surface area (Å²) in [5.41, 5.74) is -0.948. The highest BCUT2D eigenvalue weighted by atomic mass is 19.4. The van der Waals surface area contributed by atoms with Crippen LogP contribution < -0.4 is 10.2 Å². The number of aromatic nitrogens is 2. The van der Waals surface area contributed by atoms with Crippen molar-refractivity contribution < 1.29 is 13.2 Å². The van der Waals surface area contributed by atoms with Gasteiger partial charge >= 0.3 is 6.18 Å². The molecule has 2 heterocycles. The monoisotopic (exact) mass is 260 g/mol. The van der Waals surface area contributed by atoms with E-state index in [0.717, 1.165) is 32.1 Å². The molecule has 1 aromatic rings. The maximum Gasteiger partial charge on any atom is 0.434 e. The first kappa shape index (κ1) is 13.1. The first-order chi connectivity index (χ1) is 8.50. The van der Waals surface area contributed by atoms with Crippen LogP contribution in [0.1, 0.15) is 18.5 Å². The average Bonchev–Trinajstić information content (AvgIpc) is 2.38. The van der Waals surface area contributed by atoms with Gasteiger partial charge in [0.15, 0.2) is 5.69 Å². The fourth-order valence-electron chi connectivity index (χ4n) is 2.03. The Kier molecular flexibility index (Phi) is 3.70. The van der Waals surface area contributed by atoms with Gasteiger partial charge in [0.05, 0.1) is 12.4 Å². The van der Waals surface area contributed by atoms with Gasteiger partial charge in [-0.2, -0.15) is 13.2 Å². The van der Waals surface area contributed by atoms with Crippen LogP contribution in [0, 0.1) is 0 Å². The van der Waals surface area contributed by atoms with Crippen molar-refractivity contribution in [3.05, 3.63) is 18.1 Å². The van der Waals surface area contributed by atoms with E-state index in [1.807, 2.05) is 11.9 Å². The number of hydrogen-bond donors (Lipinski definition) is 1. The Morgan fingerprint density at radius 2 is 1.89 bits per heavy atom. The molecule has 2 rings (SSSR count). The fourth-order valence-corrected chi connectivity index (χ4v) is 2.03. The summed E-state index contributed by atoms with van der Waals surface area (Å²) in [4.78, 5) is 9.22. The summed E-state index contributed by atoms with van der Waals surface area (Å²) < 4.78 is 37.0. The van der Waals surface area contributed by atoms with Crippen LogP contribution in [0.2, 0.25) is 0 Å². The molecule has 0 saturated carbocycles. The van der Waals surface area contributed by atoms with E-state index in [2.05, 4.69) is 15.3 Å². The molecule has 1 saturated heterocycles. The van der Waals surface area contributed by atoms with E-state index in [9.17, 15) is 13.2 Å². The molecule has 0 aromatic carbocycles. The Labute approximate surface area is 103 Å². The van der Waals surface area contributed by atoms with Crippen LogP contribution in [0.25, 0.3) is 0 Å². The van der Waals surface area contributed by atoms with Crippen LogP contribution in [0.4, 0.5) is 19.0 Å². The second kappa shape index (κ2) is 5.09. The Morgan fingerprint density at radius 3 is 2.33 bits per heavy atom. The first-order valence-corrected chi connectivity index (χ1v) is 5.82. The van der Waals surface area contributed by atoms with Crippen LogP contribution >= 0.6 is 0 Å². The molecule has 1 N–H and O–H groups in total. The molecule has 0 atom stereocenters. The zero-order chi connectivity index (χ0) is 13.2.